The maximum atomic E-state index is 11.9. The van der Waals surface area contributed by atoms with Gasteiger partial charge in [-0.3, -0.25) is 4.79 Å². The van der Waals surface area contributed by atoms with E-state index in [1.807, 2.05) is 0 Å². The van der Waals surface area contributed by atoms with E-state index in [9.17, 15) is 4.79 Å². The molecule has 0 bridgehead atoms. The van der Waals surface area contributed by atoms with E-state index in [2.05, 4.69) is 25.8 Å². The van der Waals surface area contributed by atoms with Crippen molar-refractivity contribution in [1.82, 2.24) is 4.90 Å². The number of hydrogen-bond donors (Lipinski definition) is 0. The fourth-order valence-corrected chi connectivity index (χ4v) is 1.72. The van der Waals surface area contributed by atoms with Crippen molar-refractivity contribution in [3.63, 3.8) is 0 Å². The molecule has 0 fully saturated rings. The van der Waals surface area contributed by atoms with Crippen molar-refractivity contribution in [3.05, 3.63) is 34.9 Å². The highest BCUT2D eigenvalue weighted by Crippen LogP contribution is 2.11. The average molecular weight is 254 g/mol. The third-order valence-electron chi connectivity index (χ3n) is 3.20. The van der Waals surface area contributed by atoms with Gasteiger partial charge in [0.1, 0.15) is 0 Å². The SMILES string of the molecule is CCC(C)N(C)CCC(=O)c1ccc(Cl)cc1. The van der Waals surface area contributed by atoms with E-state index in [0.29, 0.717) is 17.5 Å². The van der Waals surface area contributed by atoms with Crippen molar-refractivity contribution in [2.24, 2.45) is 0 Å². The van der Waals surface area contributed by atoms with Gasteiger partial charge in [-0.2, -0.15) is 0 Å². The van der Waals surface area contributed by atoms with Crippen LogP contribution in [0.25, 0.3) is 0 Å². The molecule has 0 aliphatic carbocycles. The third kappa shape index (κ3) is 4.49. The van der Waals surface area contributed by atoms with Crippen molar-refractivity contribution in [2.75, 3.05) is 13.6 Å². The van der Waals surface area contributed by atoms with Crippen LogP contribution in [0.2, 0.25) is 5.02 Å². The topological polar surface area (TPSA) is 20.3 Å². The summed E-state index contributed by atoms with van der Waals surface area (Å²) in [6.45, 7) is 5.13. The molecular weight excluding hydrogens is 234 g/mol. The zero-order valence-corrected chi connectivity index (χ0v) is 11.5. The third-order valence-corrected chi connectivity index (χ3v) is 3.45. The van der Waals surface area contributed by atoms with Crippen LogP contribution in [-0.2, 0) is 0 Å². The van der Waals surface area contributed by atoms with Crippen molar-refractivity contribution < 1.29 is 4.79 Å². The van der Waals surface area contributed by atoms with Crippen LogP contribution in [0.5, 0.6) is 0 Å². The van der Waals surface area contributed by atoms with Crippen molar-refractivity contribution in [2.45, 2.75) is 32.7 Å². The summed E-state index contributed by atoms with van der Waals surface area (Å²) in [6, 6.07) is 7.61. The van der Waals surface area contributed by atoms with Crippen LogP contribution >= 0.6 is 11.6 Å². The molecule has 0 N–H and O–H groups in total. The van der Waals surface area contributed by atoms with E-state index in [-0.39, 0.29) is 5.78 Å². The van der Waals surface area contributed by atoms with Gasteiger partial charge in [-0.25, -0.2) is 0 Å². The smallest absolute Gasteiger partial charge is 0.164 e. The maximum absolute atomic E-state index is 11.9. The van der Waals surface area contributed by atoms with Gasteiger partial charge in [0, 0.05) is 29.6 Å². The van der Waals surface area contributed by atoms with Gasteiger partial charge in [0.25, 0.3) is 0 Å². The van der Waals surface area contributed by atoms with Gasteiger partial charge in [0.2, 0.25) is 0 Å². The van der Waals surface area contributed by atoms with Gasteiger partial charge in [0.05, 0.1) is 0 Å². The molecule has 0 radical (unpaired) electrons. The second kappa shape index (κ2) is 6.77. The molecule has 0 aliphatic rings. The molecule has 0 heterocycles. The number of halogens is 1. The van der Waals surface area contributed by atoms with Crippen LogP contribution in [0, 0.1) is 0 Å². The van der Waals surface area contributed by atoms with Gasteiger partial charge in [-0.1, -0.05) is 18.5 Å². The van der Waals surface area contributed by atoms with Crippen LogP contribution in [-0.4, -0.2) is 30.3 Å². The first kappa shape index (κ1) is 14.2. The minimum Gasteiger partial charge on any atom is -0.303 e. The summed E-state index contributed by atoms with van der Waals surface area (Å²) >= 11 is 5.78. The van der Waals surface area contributed by atoms with Crippen LogP contribution in [0.3, 0.4) is 0 Å². The Balaban J connectivity index is 2.47. The molecular formula is C14H20ClNO. The number of benzene rings is 1. The number of rotatable bonds is 6. The zero-order valence-electron chi connectivity index (χ0n) is 10.7. The molecule has 1 rings (SSSR count). The summed E-state index contributed by atoms with van der Waals surface area (Å²) in [7, 11) is 2.06. The molecule has 1 unspecified atom stereocenters. The first-order chi connectivity index (χ1) is 8.04. The average Bonchev–Trinajstić information content (AvgIpc) is 2.35. The molecule has 0 saturated carbocycles. The molecule has 0 aromatic heterocycles. The quantitative estimate of drug-likeness (QED) is 0.722. The van der Waals surface area contributed by atoms with Gasteiger partial charge >= 0.3 is 0 Å². The van der Waals surface area contributed by atoms with Crippen LogP contribution < -0.4 is 0 Å². The summed E-state index contributed by atoms with van der Waals surface area (Å²) in [5, 5.41) is 0.665. The lowest BCUT2D eigenvalue weighted by molar-refractivity contribution is 0.0961. The van der Waals surface area contributed by atoms with Gasteiger partial charge < -0.3 is 4.90 Å². The van der Waals surface area contributed by atoms with E-state index in [0.717, 1.165) is 18.5 Å². The molecule has 94 valence electrons. The Morgan fingerprint density at radius 1 is 1.35 bits per heavy atom. The molecule has 0 amide bonds. The number of Topliss-reactive ketones (excluding diaryl/α,β-unsaturated/α-hetero) is 1. The molecule has 2 nitrogen and oxygen atoms in total. The maximum Gasteiger partial charge on any atom is 0.164 e. The molecule has 0 aliphatic heterocycles. The number of hydrogen-bond acceptors (Lipinski definition) is 2. The first-order valence-corrected chi connectivity index (χ1v) is 6.41. The lowest BCUT2D eigenvalue weighted by atomic mass is 10.1. The highest BCUT2D eigenvalue weighted by molar-refractivity contribution is 6.30. The van der Waals surface area contributed by atoms with Crippen molar-refractivity contribution in [3.8, 4) is 0 Å². The molecule has 17 heavy (non-hydrogen) atoms. The Morgan fingerprint density at radius 3 is 2.47 bits per heavy atom. The van der Waals surface area contributed by atoms with Gasteiger partial charge in [-0.15, -0.1) is 0 Å². The Morgan fingerprint density at radius 2 is 1.94 bits per heavy atom. The predicted molar refractivity (Wildman–Crippen MR) is 72.8 cm³/mol. The number of ketones is 1. The molecule has 1 aromatic carbocycles. The summed E-state index contributed by atoms with van der Waals surface area (Å²) in [5.74, 6) is 0.178. The molecule has 0 spiro atoms. The highest BCUT2D eigenvalue weighted by Gasteiger charge is 2.10. The Labute approximate surface area is 109 Å². The summed E-state index contributed by atoms with van der Waals surface area (Å²) in [4.78, 5) is 14.1. The molecule has 1 atom stereocenters. The van der Waals surface area contributed by atoms with Crippen LogP contribution in [0.15, 0.2) is 24.3 Å². The largest absolute Gasteiger partial charge is 0.303 e. The van der Waals surface area contributed by atoms with E-state index in [4.69, 9.17) is 11.6 Å². The van der Waals surface area contributed by atoms with Crippen molar-refractivity contribution >= 4 is 17.4 Å². The normalized spacial score (nSPS) is 12.8. The van der Waals surface area contributed by atoms with Crippen molar-refractivity contribution in [1.29, 1.82) is 0 Å². The fraction of sp³-hybridized carbons (Fsp3) is 0.500. The summed E-state index contributed by atoms with van der Waals surface area (Å²) in [5.41, 5.74) is 0.743. The van der Waals surface area contributed by atoms with E-state index in [1.165, 1.54) is 0 Å². The molecule has 3 heteroatoms. The number of nitrogens with zero attached hydrogens (tertiary/aromatic N) is 1. The van der Waals surface area contributed by atoms with Crippen LogP contribution in [0.4, 0.5) is 0 Å². The lowest BCUT2D eigenvalue weighted by Gasteiger charge is -2.22. The van der Waals surface area contributed by atoms with E-state index < -0.39 is 0 Å². The minimum absolute atomic E-state index is 0.178. The van der Waals surface area contributed by atoms with E-state index in [1.54, 1.807) is 24.3 Å². The zero-order chi connectivity index (χ0) is 12.8. The predicted octanol–water partition coefficient (Wildman–Crippen LogP) is 3.64. The Kier molecular flexibility index (Phi) is 5.66. The number of carbonyl (C=O) groups is 1. The summed E-state index contributed by atoms with van der Waals surface area (Å²) < 4.78 is 0. The second-order valence-corrected chi connectivity index (χ2v) is 4.85. The van der Waals surface area contributed by atoms with E-state index >= 15 is 0 Å². The second-order valence-electron chi connectivity index (χ2n) is 4.42. The minimum atomic E-state index is 0.178. The summed E-state index contributed by atoms with van der Waals surface area (Å²) in [6.07, 6.45) is 1.66. The highest BCUT2D eigenvalue weighted by atomic mass is 35.5. The monoisotopic (exact) mass is 253 g/mol. The fourth-order valence-electron chi connectivity index (χ4n) is 1.59. The Hall–Kier alpha value is -0.860. The first-order valence-electron chi connectivity index (χ1n) is 6.03. The molecule has 1 aromatic rings. The van der Waals surface area contributed by atoms with Gasteiger partial charge in [-0.05, 0) is 44.7 Å². The Bertz CT molecular complexity index is 361. The van der Waals surface area contributed by atoms with Gasteiger partial charge in [0.15, 0.2) is 5.78 Å². The van der Waals surface area contributed by atoms with Crippen LogP contribution in [0.1, 0.15) is 37.0 Å². The lowest BCUT2D eigenvalue weighted by Crippen LogP contribution is -2.30. The standard InChI is InChI=1S/C14H20ClNO/c1-4-11(2)16(3)10-9-14(17)12-5-7-13(15)8-6-12/h5-8,11H,4,9-10H2,1-3H3. The molecule has 0 saturated heterocycles. The number of carbonyl (C=O) groups excluding carboxylic acids is 1.